The highest BCUT2D eigenvalue weighted by molar-refractivity contribution is 5.86. The maximum absolute atomic E-state index is 10.6. The maximum atomic E-state index is 10.6. The van der Waals surface area contributed by atoms with Crippen LogP contribution in [-0.2, 0) is 0 Å². The molecule has 0 atom stereocenters. The molecule has 4 nitrogen and oxygen atoms in total. The smallest absolute Gasteiger partial charge is 0.153 e. The van der Waals surface area contributed by atoms with Crippen LogP contribution in [0.2, 0.25) is 0 Å². The second kappa shape index (κ2) is 2.41. The van der Waals surface area contributed by atoms with Crippen molar-refractivity contribution in [2.75, 3.05) is 0 Å². The molecule has 2 aromatic heterocycles. The van der Waals surface area contributed by atoms with Crippen LogP contribution >= 0.6 is 0 Å². The van der Waals surface area contributed by atoms with Crippen LogP contribution in [0.5, 0.6) is 0 Å². The quantitative estimate of drug-likeness (QED) is 0.582. The Morgan fingerprint density at radius 2 is 2.42 bits per heavy atom. The minimum Gasteiger partial charge on any atom is -0.298 e. The molecule has 0 radical (unpaired) electrons. The number of hydrogen-bond donors (Lipinski definition) is 0. The van der Waals surface area contributed by atoms with E-state index in [0.717, 1.165) is 17.5 Å². The SMILES string of the molecule is Cc1nccn2ncc(C=O)c12. The average molecular weight is 161 g/mol. The molecule has 4 heteroatoms. The summed E-state index contributed by atoms with van der Waals surface area (Å²) in [5, 5.41) is 4.00. The lowest BCUT2D eigenvalue weighted by atomic mass is 10.3. The lowest BCUT2D eigenvalue weighted by Crippen LogP contribution is -1.92. The fourth-order valence-corrected chi connectivity index (χ4v) is 1.22. The second-order valence-electron chi connectivity index (χ2n) is 2.52. The summed E-state index contributed by atoms with van der Waals surface area (Å²) in [4.78, 5) is 14.6. The van der Waals surface area contributed by atoms with Gasteiger partial charge in [0.2, 0.25) is 0 Å². The fraction of sp³-hybridized carbons (Fsp3) is 0.125. The van der Waals surface area contributed by atoms with Gasteiger partial charge in [0.1, 0.15) is 0 Å². The van der Waals surface area contributed by atoms with Gasteiger partial charge in [-0.1, -0.05) is 0 Å². The zero-order valence-corrected chi connectivity index (χ0v) is 6.56. The third-order valence-corrected chi connectivity index (χ3v) is 1.77. The molecular weight excluding hydrogens is 154 g/mol. The Morgan fingerprint density at radius 1 is 1.58 bits per heavy atom. The molecule has 2 rings (SSSR count). The number of carbonyl (C=O) groups is 1. The molecule has 2 heterocycles. The summed E-state index contributed by atoms with van der Waals surface area (Å²) in [5.41, 5.74) is 2.19. The minimum atomic E-state index is 0.584. The zero-order chi connectivity index (χ0) is 8.55. The highest BCUT2D eigenvalue weighted by Crippen LogP contribution is 2.10. The third kappa shape index (κ3) is 0.812. The largest absolute Gasteiger partial charge is 0.298 e. The summed E-state index contributed by atoms with van der Waals surface area (Å²) in [6, 6.07) is 0. The number of fused-ring (bicyclic) bond motifs is 1. The van der Waals surface area contributed by atoms with E-state index in [1.807, 2.05) is 6.92 Å². The molecule has 0 amide bonds. The minimum absolute atomic E-state index is 0.584. The summed E-state index contributed by atoms with van der Waals surface area (Å²) < 4.78 is 1.64. The van der Waals surface area contributed by atoms with Gasteiger partial charge in [0, 0.05) is 12.4 Å². The van der Waals surface area contributed by atoms with E-state index in [2.05, 4.69) is 10.1 Å². The van der Waals surface area contributed by atoms with Crippen molar-refractivity contribution >= 4 is 11.8 Å². The lowest BCUT2D eigenvalue weighted by Gasteiger charge is -1.95. The second-order valence-corrected chi connectivity index (χ2v) is 2.52. The van der Waals surface area contributed by atoms with Crippen LogP contribution in [0.3, 0.4) is 0 Å². The summed E-state index contributed by atoms with van der Waals surface area (Å²) in [6.45, 7) is 1.85. The molecule has 0 aliphatic rings. The number of hydrogen-bond acceptors (Lipinski definition) is 3. The van der Waals surface area contributed by atoms with Crippen LogP contribution in [0, 0.1) is 6.92 Å². The van der Waals surface area contributed by atoms with Crippen LogP contribution in [-0.4, -0.2) is 20.9 Å². The van der Waals surface area contributed by atoms with Crippen molar-refractivity contribution in [1.29, 1.82) is 0 Å². The molecule has 0 unspecified atom stereocenters. The zero-order valence-electron chi connectivity index (χ0n) is 6.56. The standard InChI is InChI=1S/C8H7N3O/c1-6-8-7(5-12)4-10-11(8)3-2-9-6/h2-5H,1H3. The summed E-state index contributed by atoms with van der Waals surface area (Å²) >= 11 is 0. The maximum Gasteiger partial charge on any atom is 0.153 e. The first kappa shape index (κ1) is 6.97. The Labute approximate surface area is 68.8 Å². The molecule has 0 aliphatic carbocycles. The third-order valence-electron chi connectivity index (χ3n) is 1.77. The molecule has 0 aliphatic heterocycles. The van der Waals surface area contributed by atoms with Crippen LogP contribution < -0.4 is 0 Å². The number of nitrogens with zero attached hydrogens (tertiary/aromatic N) is 3. The van der Waals surface area contributed by atoms with Crippen LogP contribution in [0.25, 0.3) is 5.52 Å². The van der Waals surface area contributed by atoms with E-state index in [1.165, 1.54) is 6.20 Å². The highest BCUT2D eigenvalue weighted by Gasteiger charge is 2.04. The monoisotopic (exact) mass is 161 g/mol. The van der Waals surface area contributed by atoms with E-state index in [4.69, 9.17) is 0 Å². The number of aromatic nitrogens is 3. The van der Waals surface area contributed by atoms with Crippen molar-refractivity contribution < 1.29 is 4.79 Å². The molecule has 0 saturated carbocycles. The average Bonchev–Trinajstić information content (AvgIpc) is 2.49. The molecular formula is C8H7N3O. The molecule has 0 aromatic carbocycles. The van der Waals surface area contributed by atoms with E-state index in [-0.39, 0.29) is 0 Å². The van der Waals surface area contributed by atoms with Gasteiger partial charge in [-0.3, -0.25) is 9.78 Å². The van der Waals surface area contributed by atoms with Gasteiger partial charge < -0.3 is 0 Å². The number of rotatable bonds is 1. The van der Waals surface area contributed by atoms with Gasteiger partial charge in [-0.25, -0.2) is 4.52 Å². The normalized spacial score (nSPS) is 10.4. The Balaban J connectivity index is 2.91. The lowest BCUT2D eigenvalue weighted by molar-refractivity contribution is 0.112. The van der Waals surface area contributed by atoms with E-state index in [9.17, 15) is 4.79 Å². The molecule has 60 valence electrons. The van der Waals surface area contributed by atoms with Crippen molar-refractivity contribution in [2.24, 2.45) is 0 Å². The van der Waals surface area contributed by atoms with Crippen molar-refractivity contribution in [3.05, 3.63) is 29.8 Å². The van der Waals surface area contributed by atoms with Gasteiger partial charge in [-0.05, 0) is 6.92 Å². The van der Waals surface area contributed by atoms with Gasteiger partial charge in [-0.2, -0.15) is 5.10 Å². The van der Waals surface area contributed by atoms with E-state index in [1.54, 1.807) is 16.9 Å². The first-order chi connectivity index (χ1) is 5.83. The predicted octanol–water partition coefficient (Wildman–Crippen LogP) is 0.850. The van der Waals surface area contributed by atoms with Gasteiger partial charge in [0.15, 0.2) is 6.29 Å². The first-order valence-electron chi connectivity index (χ1n) is 3.57. The van der Waals surface area contributed by atoms with Crippen LogP contribution in [0.15, 0.2) is 18.6 Å². The fourth-order valence-electron chi connectivity index (χ4n) is 1.22. The summed E-state index contributed by atoms with van der Waals surface area (Å²) in [5.74, 6) is 0. The Bertz CT molecular complexity index is 433. The predicted molar refractivity (Wildman–Crippen MR) is 43.1 cm³/mol. The van der Waals surface area contributed by atoms with Crippen LogP contribution in [0.1, 0.15) is 16.1 Å². The van der Waals surface area contributed by atoms with Gasteiger partial charge in [-0.15, -0.1) is 0 Å². The molecule has 0 spiro atoms. The summed E-state index contributed by atoms with van der Waals surface area (Å²) in [7, 11) is 0. The van der Waals surface area contributed by atoms with Crippen molar-refractivity contribution in [3.63, 3.8) is 0 Å². The highest BCUT2D eigenvalue weighted by atomic mass is 16.1. The van der Waals surface area contributed by atoms with Gasteiger partial charge in [0.25, 0.3) is 0 Å². The van der Waals surface area contributed by atoms with Gasteiger partial charge in [0.05, 0.1) is 23.0 Å². The van der Waals surface area contributed by atoms with Gasteiger partial charge >= 0.3 is 0 Å². The Hall–Kier alpha value is -1.71. The number of aldehydes is 1. The van der Waals surface area contributed by atoms with Crippen molar-refractivity contribution in [2.45, 2.75) is 6.92 Å². The van der Waals surface area contributed by atoms with E-state index >= 15 is 0 Å². The van der Waals surface area contributed by atoms with E-state index < -0.39 is 0 Å². The summed E-state index contributed by atoms with van der Waals surface area (Å²) in [6.07, 6.45) is 5.70. The van der Waals surface area contributed by atoms with Crippen molar-refractivity contribution in [3.8, 4) is 0 Å². The number of carbonyl (C=O) groups excluding carboxylic acids is 1. The van der Waals surface area contributed by atoms with E-state index in [0.29, 0.717) is 5.56 Å². The molecule has 12 heavy (non-hydrogen) atoms. The first-order valence-corrected chi connectivity index (χ1v) is 3.57. The number of aryl methyl sites for hydroxylation is 1. The molecule has 0 fully saturated rings. The topological polar surface area (TPSA) is 47.3 Å². The molecule has 0 N–H and O–H groups in total. The van der Waals surface area contributed by atoms with Crippen molar-refractivity contribution in [1.82, 2.24) is 14.6 Å². The molecule has 0 bridgehead atoms. The molecule has 0 saturated heterocycles. The Morgan fingerprint density at radius 3 is 3.17 bits per heavy atom. The molecule has 2 aromatic rings. The Kier molecular flexibility index (Phi) is 1.40. The van der Waals surface area contributed by atoms with Crippen LogP contribution in [0.4, 0.5) is 0 Å².